The summed E-state index contributed by atoms with van der Waals surface area (Å²) in [6, 6.07) is 15.2. The van der Waals surface area contributed by atoms with Gasteiger partial charge in [0.1, 0.15) is 5.75 Å². The first-order chi connectivity index (χ1) is 11.1. The van der Waals surface area contributed by atoms with Crippen LogP contribution in [-0.2, 0) is 4.79 Å². The van der Waals surface area contributed by atoms with Crippen molar-refractivity contribution in [3.05, 3.63) is 63.6 Å². The van der Waals surface area contributed by atoms with Crippen molar-refractivity contribution in [2.24, 2.45) is 0 Å². The summed E-state index contributed by atoms with van der Waals surface area (Å²) in [5.74, 6) is 0.336. The van der Waals surface area contributed by atoms with E-state index >= 15 is 0 Å². The molecule has 5 heteroatoms. The summed E-state index contributed by atoms with van der Waals surface area (Å²) >= 11 is 9.41. The Morgan fingerprint density at radius 2 is 2.00 bits per heavy atom. The Bertz CT molecular complexity index is 649. The number of rotatable bonds is 7. The normalized spacial score (nSPS) is 11.8. The maximum Gasteiger partial charge on any atom is 0.258 e. The summed E-state index contributed by atoms with van der Waals surface area (Å²) in [5, 5.41) is 3.49. The highest BCUT2D eigenvalue weighted by atomic mass is 79.9. The van der Waals surface area contributed by atoms with Crippen molar-refractivity contribution in [2.45, 2.75) is 25.8 Å². The van der Waals surface area contributed by atoms with E-state index in [4.69, 9.17) is 16.3 Å². The van der Waals surface area contributed by atoms with Crippen LogP contribution in [0.3, 0.4) is 0 Å². The molecule has 1 atom stereocenters. The van der Waals surface area contributed by atoms with Crippen LogP contribution >= 0.6 is 27.5 Å². The van der Waals surface area contributed by atoms with Crippen LogP contribution < -0.4 is 10.1 Å². The molecule has 0 bridgehead atoms. The molecule has 0 saturated heterocycles. The molecule has 2 aromatic rings. The number of ether oxygens (including phenoxy) is 1. The molecule has 122 valence electrons. The number of halogens is 2. The quantitative estimate of drug-likeness (QED) is 0.704. The molecule has 1 N–H and O–H groups in total. The van der Waals surface area contributed by atoms with Crippen molar-refractivity contribution in [3.8, 4) is 5.75 Å². The molecule has 23 heavy (non-hydrogen) atoms. The van der Waals surface area contributed by atoms with Gasteiger partial charge < -0.3 is 10.1 Å². The number of nitrogens with one attached hydrogen (secondary N) is 1. The Morgan fingerprint density at radius 1 is 1.26 bits per heavy atom. The highest BCUT2D eigenvalue weighted by molar-refractivity contribution is 9.10. The van der Waals surface area contributed by atoms with E-state index in [0.717, 1.165) is 22.9 Å². The molecule has 0 unspecified atom stereocenters. The lowest BCUT2D eigenvalue weighted by molar-refractivity contribution is -0.123. The highest BCUT2D eigenvalue weighted by Gasteiger charge is 2.14. The first-order valence-corrected chi connectivity index (χ1v) is 8.69. The van der Waals surface area contributed by atoms with Gasteiger partial charge in [-0.15, -0.1) is 0 Å². The predicted molar refractivity (Wildman–Crippen MR) is 96.9 cm³/mol. The van der Waals surface area contributed by atoms with Crippen molar-refractivity contribution >= 4 is 33.4 Å². The van der Waals surface area contributed by atoms with E-state index in [2.05, 4.69) is 28.2 Å². The van der Waals surface area contributed by atoms with Crippen LogP contribution in [-0.4, -0.2) is 12.5 Å². The molecule has 0 aliphatic carbocycles. The zero-order valence-corrected chi connectivity index (χ0v) is 15.2. The van der Waals surface area contributed by atoms with Gasteiger partial charge in [0.15, 0.2) is 6.61 Å². The van der Waals surface area contributed by atoms with Crippen LogP contribution in [0.1, 0.15) is 31.4 Å². The summed E-state index contributed by atoms with van der Waals surface area (Å²) in [7, 11) is 0. The molecular weight excluding hydrogens is 378 g/mol. The molecule has 0 spiro atoms. The zero-order chi connectivity index (χ0) is 16.7. The van der Waals surface area contributed by atoms with Crippen molar-refractivity contribution in [3.63, 3.8) is 0 Å². The fourth-order valence-corrected chi connectivity index (χ4v) is 3.00. The molecule has 0 fully saturated rings. The monoisotopic (exact) mass is 395 g/mol. The average molecular weight is 397 g/mol. The van der Waals surface area contributed by atoms with Crippen LogP contribution in [0.5, 0.6) is 5.75 Å². The summed E-state index contributed by atoms with van der Waals surface area (Å²) in [4.78, 5) is 12.2. The smallest absolute Gasteiger partial charge is 0.258 e. The molecule has 0 saturated carbocycles. The topological polar surface area (TPSA) is 38.3 Å². The molecule has 0 heterocycles. The number of amides is 1. The molecule has 0 aliphatic rings. The minimum absolute atomic E-state index is 0.00214. The Morgan fingerprint density at radius 3 is 2.65 bits per heavy atom. The van der Waals surface area contributed by atoms with Crippen LogP contribution in [0.15, 0.2) is 53.0 Å². The zero-order valence-electron chi connectivity index (χ0n) is 12.9. The van der Waals surface area contributed by atoms with Crippen molar-refractivity contribution in [1.82, 2.24) is 5.32 Å². The summed E-state index contributed by atoms with van der Waals surface area (Å²) < 4.78 is 6.37. The first-order valence-electron chi connectivity index (χ1n) is 7.52. The third kappa shape index (κ3) is 5.56. The fourth-order valence-electron chi connectivity index (χ4n) is 2.27. The fraction of sp³-hybridized carbons (Fsp3) is 0.278. The lowest BCUT2D eigenvalue weighted by Crippen LogP contribution is -2.32. The van der Waals surface area contributed by atoms with Crippen LogP contribution in [0, 0.1) is 0 Å². The predicted octanol–water partition coefficient (Wildman–Crippen LogP) is 5.14. The summed E-state index contributed by atoms with van der Waals surface area (Å²) in [6.45, 7) is 2.04. The largest absolute Gasteiger partial charge is 0.482 e. The molecule has 0 radical (unpaired) electrons. The SMILES string of the molecule is CCC[C@@H](NC(=O)COc1ccc(Br)cc1Cl)c1ccccc1. The van der Waals surface area contributed by atoms with Gasteiger partial charge >= 0.3 is 0 Å². The molecule has 0 aliphatic heterocycles. The first kappa shape index (κ1) is 17.8. The molecule has 2 aromatic carbocycles. The van der Waals surface area contributed by atoms with E-state index in [9.17, 15) is 4.79 Å². The molecule has 1 amide bonds. The van der Waals surface area contributed by atoms with E-state index in [0.29, 0.717) is 10.8 Å². The molecular formula is C18H19BrClNO2. The Hall–Kier alpha value is -1.52. The second-order valence-corrected chi connectivity index (χ2v) is 6.51. The van der Waals surface area contributed by atoms with Crippen molar-refractivity contribution in [2.75, 3.05) is 6.61 Å². The Labute approximate surface area is 150 Å². The number of hydrogen-bond acceptors (Lipinski definition) is 2. The standard InChI is InChI=1S/C18H19BrClNO2/c1-2-6-16(13-7-4-3-5-8-13)21-18(22)12-23-17-10-9-14(19)11-15(17)20/h3-5,7-11,16H,2,6,12H2,1H3,(H,21,22)/t16-/m1/s1. The Balaban J connectivity index is 1.94. The van der Waals surface area contributed by atoms with Crippen molar-refractivity contribution < 1.29 is 9.53 Å². The van der Waals surface area contributed by atoms with E-state index < -0.39 is 0 Å². The molecule has 2 rings (SSSR count). The third-order valence-corrected chi connectivity index (χ3v) is 4.16. The Kier molecular flexibility index (Phi) is 6.93. The maximum absolute atomic E-state index is 12.2. The van der Waals surface area contributed by atoms with Crippen LogP contribution in [0.25, 0.3) is 0 Å². The lowest BCUT2D eigenvalue weighted by Gasteiger charge is -2.19. The summed E-state index contributed by atoms with van der Waals surface area (Å²) in [5.41, 5.74) is 1.10. The number of carbonyl (C=O) groups is 1. The van der Waals surface area contributed by atoms with Crippen LogP contribution in [0.2, 0.25) is 5.02 Å². The minimum Gasteiger partial charge on any atom is -0.482 e. The number of hydrogen-bond donors (Lipinski definition) is 1. The van der Waals surface area contributed by atoms with E-state index in [1.165, 1.54) is 0 Å². The lowest BCUT2D eigenvalue weighted by atomic mass is 10.0. The van der Waals surface area contributed by atoms with E-state index in [-0.39, 0.29) is 18.6 Å². The summed E-state index contributed by atoms with van der Waals surface area (Å²) in [6.07, 6.45) is 1.87. The third-order valence-electron chi connectivity index (χ3n) is 3.37. The number of carbonyl (C=O) groups excluding carboxylic acids is 1. The van der Waals surface area contributed by atoms with Gasteiger partial charge in [-0.05, 0) is 30.2 Å². The van der Waals surface area contributed by atoms with E-state index in [1.807, 2.05) is 36.4 Å². The average Bonchev–Trinajstić information content (AvgIpc) is 2.54. The van der Waals surface area contributed by atoms with Gasteiger partial charge in [0.2, 0.25) is 0 Å². The molecule has 3 nitrogen and oxygen atoms in total. The molecule has 0 aromatic heterocycles. The van der Waals surface area contributed by atoms with Crippen LogP contribution in [0.4, 0.5) is 0 Å². The second kappa shape index (κ2) is 8.94. The van der Waals surface area contributed by atoms with E-state index in [1.54, 1.807) is 12.1 Å². The van der Waals surface area contributed by atoms with Gasteiger partial charge in [0.05, 0.1) is 11.1 Å². The van der Waals surface area contributed by atoms with Gasteiger partial charge in [-0.1, -0.05) is 71.2 Å². The van der Waals surface area contributed by atoms with Gasteiger partial charge in [0.25, 0.3) is 5.91 Å². The number of benzene rings is 2. The van der Waals surface area contributed by atoms with Gasteiger partial charge in [-0.25, -0.2) is 0 Å². The highest BCUT2D eigenvalue weighted by Crippen LogP contribution is 2.27. The van der Waals surface area contributed by atoms with Crippen molar-refractivity contribution in [1.29, 1.82) is 0 Å². The minimum atomic E-state index is -0.161. The van der Waals surface area contributed by atoms with Gasteiger partial charge in [0, 0.05) is 4.47 Å². The van der Waals surface area contributed by atoms with Gasteiger partial charge in [-0.2, -0.15) is 0 Å². The maximum atomic E-state index is 12.2. The van der Waals surface area contributed by atoms with Gasteiger partial charge in [-0.3, -0.25) is 4.79 Å². The second-order valence-electron chi connectivity index (χ2n) is 5.18.